The van der Waals surface area contributed by atoms with Crippen LogP contribution in [-0.2, 0) is 0 Å². The van der Waals surface area contributed by atoms with Crippen molar-refractivity contribution in [1.82, 2.24) is 19.5 Å². The Bertz CT molecular complexity index is 1440. The summed E-state index contributed by atoms with van der Waals surface area (Å²) in [6, 6.07) is 15.3. The van der Waals surface area contributed by atoms with Gasteiger partial charge in [-0.3, -0.25) is 4.79 Å². The third kappa shape index (κ3) is 4.14. The van der Waals surface area contributed by atoms with Crippen LogP contribution in [0, 0.1) is 20.8 Å². The van der Waals surface area contributed by atoms with Crippen LogP contribution < -0.4 is 15.8 Å². The molecule has 2 aromatic heterocycles. The van der Waals surface area contributed by atoms with Gasteiger partial charge in [0.1, 0.15) is 10.8 Å². The molecule has 5 rings (SSSR count). The highest BCUT2D eigenvalue weighted by atomic mass is 32.1. The molecule has 1 fully saturated rings. The molecular weight excluding hydrogens is 448 g/mol. The summed E-state index contributed by atoms with van der Waals surface area (Å²) < 4.78 is 1.36. The minimum atomic E-state index is -0.203. The van der Waals surface area contributed by atoms with Gasteiger partial charge in [0.15, 0.2) is 0 Å². The number of carbonyl (C=O) groups is 1. The van der Waals surface area contributed by atoms with Crippen LogP contribution >= 0.6 is 11.3 Å². The first kappa shape index (κ1) is 22.1. The van der Waals surface area contributed by atoms with Gasteiger partial charge in [-0.1, -0.05) is 47.7 Å². The van der Waals surface area contributed by atoms with Crippen molar-refractivity contribution in [2.24, 2.45) is 0 Å². The fraction of sp³-hybridized carbons (Fsp3) is 0.280. The molecule has 4 aromatic rings. The fourth-order valence-electron chi connectivity index (χ4n) is 4.10. The van der Waals surface area contributed by atoms with E-state index in [4.69, 9.17) is 4.98 Å². The van der Waals surface area contributed by atoms with Gasteiger partial charge in [0.25, 0.3) is 5.56 Å². The molecule has 0 saturated carbocycles. The summed E-state index contributed by atoms with van der Waals surface area (Å²) in [7, 11) is 0. The molecule has 0 radical (unpaired) electrons. The Balaban J connectivity index is 1.31. The van der Waals surface area contributed by atoms with Crippen molar-refractivity contribution in [1.29, 1.82) is 0 Å². The number of aromatic nitrogens is 3. The van der Waals surface area contributed by atoms with Crippen molar-refractivity contribution in [2.45, 2.75) is 20.8 Å². The van der Waals surface area contributed by atoms with Crippen LogP contribution in [0.5, 0.6) is 0 Å². The molecule has 34 heavy (non-hydrogen) atoms. The van der Waals surface area contributed by atoms with Crippen LogP contribution in [0.2, 0.25) is 0 Å². The molecule has 174 valence electrons. The summed E-state index contributed by atoms with van der Waals surface area (Å²) in [5, 5.41) is 8.29. The predicted molar refractivity (Wildman–Crippen MR) is 136 cm³/mol. The van der Waals surface area contributed by atoms with Gasteiger partial charge < -0.3 is 15.1 Å². The zero-order valence-electron chi connectivity index (χ0n) is 19.4. The Morgan fingerprint density at radius 3 is 2.47 bits per heavy atom. The molecule has 0 unspecified atom stereocenters. The van der Waals surface area contributed by atoms with E-state index in [-0.39, 0.29) is 11.6 Å². The lowest BCUT2D eigenvalue weighted by atomic mass is 10.1. The molecule has 2 aromatic carbocycles. The highest BCUT2D eigenvalue weighted by Crippen LogP contribution is 2.28. The van der Waals surface area contributed by atoms with Crippen LogP contribution in [0.25, 0.3) is 15.5 Å². The van der Waals surface area contributed by atoms with E-state index in [0.717, 1.165) is 32.9 Å². The summed E-state index contributed by atoms with van der Waals surface area (Å²) in [5.41, 5.74) is 4.95. The maximum absolute atomic E-state index is 12.8. The number of benzene rings is 2. The van der Waals surface area contributed by atoms with Crippen LogP contribution in [0.4, 0.5) is 16.3 Å². The van der Waals surface area contributed by atoms with Gasteiger partial charge in [-0.25, -0.2) is 9.78 Å². The van der Waals surface area contributed by atoms with Crippen LogP contribution in [-0.4, -0.2) is 51.7 Å². The molecule has 1 saturated heterocycles. The van der Waals surface area contributed by atoms with Crippen molar-refractivity contribution in [2.75, 3.05) is 36.4 Å². The first-order valence-corrected chi connectivity index (χ1v) is 12.1. The standard InChI is InChI=1S/C25H26N6O2S/c1-16-8-6-10-20(18(16)3)26-24(33)30-13-11-29(12-14-30)21-15-22(32)31-25(27-21)34-23(28-31)19-9-5-4-7-17(19)2/h4-10,15H,11-14H2,1-3H3,(H,26,33). The SMILES string of the molecule is Cc1ccccc1-c1nn2c(=O)cc(N3CCN(C(=O)Nc4cccc(C)c4C)CC3)nc2s1. The van der Waals surface area contributed by atoms with E-state index < -0.39 is 0 Å². The van der Waals surface area contributed by atoms with E-state index >= 15 is 0 Å². The number of amides is 2. The summed E-state index contributed by atoms with van der Waals surface area (Å²) in [6.07, 6.45) is 0. The van der Waals surface area contributed by atoms with E-state index in [2.05, 4.69) is 15.3 Å². The number of nitrogens with one attached hydrogen (secondary N) is 1. The fourth-order valence-corrected chi connectivity index (χ4v) is 5.09. The van der Waals surface area contributed by atoms with E-state index in [1.165, 1.54) is 21.9 Å². The Labute approximate surface area is 201 Å². The minimum absolute atomic E-state index is 0.109. The molecule has 1 aliphatic rings. The third-order valence-electron chi connectivity index (χ3n) is 6.34. The van der Waals surface area contributed by atoms with Gasteiger partial charge in [-0.2, -0.15) is 9.61 Å². The number of rotatable bonds is 3. The topological polar surface area (TPSA) is 82.8 Å². The number of nitrogens with zero attached hydrogens (tertiary/aromatic N) is 5. The minimum Gasteiger partial charge on any atom is -0.353 e. The van der Waals surface area contributed by atoms with Crippen LogP contribution in [0.15, 0.2) is 53.3 Å². The molecule has 1 aliphatic heterocycles. The first-order chi connectivity index (χ1) is 16.4. The van der Waals surface area contributed by atoms with Crippen molar-refractivity contribution < 1.29 is 4.79 Å². The van der Waals surface area contributed by atoms with Gasteiger partial charge in [-0.15, -0.1) is 0 Å². The Morgan fingerprint density at radius 2 is 1.71 bits per heavy atom. The van der Waals surface area contributed by atoms with Crippen LogP contribution in [0.3, 0.4) is 0 Å². The Hall–Kier alpha value is -3.72. The lowest BCUT2D eigenvalue weighted by Gasteiger charge is -2.35. The number of anilines is 2. The number of aryl methyl sites for hydroxylation is 2. The van der Waals surface area contributed by atoms with Crippen LogP contribution in [0.1, 0.15) is 16.7 Å². The second kappa shape index (κ2) is 8.90. The number of carbonyl (C=O) groups excluding carboxylic acids is 1. The smallest absolute Gasteiger partial charge is 0.321 e. The molecule has 2 amide bonds. The molecular formula is C25H26N6O2S. The van der Waals surface area contributed by atoms with E-state index in [0.29, 0.717) is 37.0 Å². The van der Waals surface area contributed by atoms with Gasteiger partial charge in [-0.05, 0) is 43.5 Å². The molecule has 0 atom stereocenters. The van der Waals surface area contributed by atoms with Gasteiger partial charge in [0, 0.05) is 43.5 Å². The highest BCUT2D eigenvalue weighted by molar-refractivity contribution is 7.19. The van der Waals surface area contributed by atoms with E-state index in [1.54, 1.807) is 4.90 Å². The first-order valence-electron chi connectivity index (χ1n) is 11.2. The van der Waals surface area contributed by atoms with E-state index in [1.807, 2.05) is 63.2 Å². The second-order valence-electron chi connectivity index (χ2n) is 8.52. The Kier molecular flexibility index (Phi) is 5.79. The number of urea groups is 1. The average Bonchev–Trinajstić information content (AvgIpc) is 3.27. The normalized spacial score (nSPS) is 14.0. The third-order valence-corrected chi connectivity index (χ3v) is 7.29. The number of hydrogen-bond acceptors (Lipinski definition) is 6. The number of piperazine rings is 1. The maximum atomic E-state index is 12.8. The van der Waals surface area contributed by atoms with Crippen molar-refractivity contribution in [3.63, 3.8) is 0 Å². The summed E-state index contributed by atoms with van der Waals surface area (Å²) in [6.45, 7) is 8.37. The van der Waals surface area contributed by atoms with E-state index in [9.17, 15) is 9.59 Å². The highest BCUT2D eigenvalue weighted by Gasteiger charge is 2.23. The van der Waals surface area contributed by atoms with Gasteiger partial charge >= 0.3 is 6.03 Å². The second-order valence-corrected chi connectivity index (χ2v) is 9.48. The summed E-state index contributed by atoms with van der Waals surface area (Å²) >= 11 is 1.41. The molecule has 0 aliphatic carbocycles. The lowest BCUT2D eigenvalue weighted by molar-refractivity contribution is 0.208. The molecule has 0 spiro atoms. The van der Waals surface area contributed by atoms with Crippen molar-refractivity contribution in [3.05, 3.63) is 75.6 Å². The monoisotopic (exact) mass is 474 g/mol. The Morgan fingerprint density at radius 1 is 0.971 bits per heavy atom. The average molecular weight is 475 g/mol. The lowest BCUT2D eigenvalue weighted by Crippen LogP contribution is -2.50. The molecule has 0 bridgehead atoms. The summed E-state index contributed by atoms with van der Waals surface area (Å²) in [4.78, 5) is 34.7. The number of hydrogen-bond donors (Lipinski definition) is 1. The number of fused-ring (bicyclic) bond motifs is 1. The largest absolute Gasteiger partial charge is 0.353 e. The predicted octanol–water partition coefficient (Wildman–Crippen LogP) is 4.10. The molecule has 8 nitrogen and oxygen atoms in total. The molecule has 1 N–H and O–H groups in total. The molecule has 3 heterocycles. The van der Waals surface area contributed by atoms with Crippen molar-refractivity contribution >= 4 is 33.8 Å². The zero-order valence-corrected chi connectivity index (χ0v) is 20.2. The quantitative estimate of drug-likeness (QED) is 0.483. The van der Waals surface area contributed by atoms with Gasteiger partial charge in [0.05, 0.1) is 0 Å². The maximum Gasteiger partial charge on any atom is 0.321 e. The summed E-state index contributed by atoms with van der Waals surface area (Å²) in [5.74, 6) is 0.625. The zero-order chi connectivity index (χ0) is 23.8. The molecule has 9 heteroatoms. The van der Waals surface area contributed by atoms with Crippen molar-refractivity contribution in [3.8, 4) is 10.6 Å². The van der Waals surface area contributed by atoms with Gasteiger partial charge in [0.2, 0.25) is 4.96 Å².